The number of allylic oxidation sites excluding steroid dienone is 4. The summed E-state index contributed by atoms with van der Waals surface area (Å²) in [6, 6.07) is 0.895. The van der Waals surface area contributed by atoms with Crippen LogP contribution in [0.1, 0.15) is 48.5 Å². The number of hydrogen-bond acceptors (Lipinski definition) is 4. The standard InChI is InChI=1S/C12H26N2O2Si/c1-8-17(15-13-11(6)9(2)3)16-14-12(7)10(4)5/h13-14,17H,8H2,1-7H3. The molecule has 0 bridgehead atoms. The average Bonchev–Trinajstić information content (AvgIpc) is 2.28. The zero-order chi connectivity index (χ0) is 13.4. The van der Waals surface area contributed by atoms with E-state index in [2.05, 4.69) is 17.9 Å². The van der Waals surface area contributed by atoms with Crippen LogP contribution in [-0.2, 0) is 9.05 Å². The number of hydroxylamine groups is 2. The third kappa shape index (κ3) is 7.20. The molecule has 2 N–H and O–H groups in total. The van der Waals surface area contributed by atoms with Crippen molar-refractivity contribution >= 4 is 9.28 Å². The Balaban J connectivity index is 4.10. The zero-order valence-electron chi connectivity index (χ0n) is 12.1. The maximum Gasteiger partial charge on any atom is 0.376 e. The molecule has 0 aromatic heterocycles. The van der Waals surface area contributed by atoms with Gasteiger partial charge in [-0.3, -0.25) is 20.0 Å². The first-order chi connectivity index (χ1) is 7.88. The van der Waals surface area contributed by atoms with Crippen LogP contribution in [0.2, 0.25) is 6.04 Å². The van der Waals surface area contributed by atoms with Crippen molar-refractivity contribution in [1.82, 2.24) is 11.0 Å². The summed E-state index contributed by atoms with van der Waals surface area (Å²) < 4.78 is 11.1. The third-order valence-electron chi connectivity index (χ3n) is 2.52. The second kappa shape index (κ2) is 8.33. The van der Waals surface area contributed by atoms with Crippen molar-refractivity contribution in [2.75, 3.05) is 0 Å². The molecule has 0 spiro atoms. The molecule has 0 aromatic carbocycles. The maximum absolute atomic E-state index is 5.57. The molecule has 0 aliphatic heterocycles. The summed E-state index contributed by atoms with van der Waals surface area (Å²) in [5.74, 6) is 0. The minimum Gasteiger partial charge on any atom is -0.290 e. The molecule has 0 unspecified atom stereocenters. The third-order valence-corrected chi connectivity index (χ3v) is 3.95. The van der Waals surface area contributed by atoms with Crippen LogP contribution in [0.5, 0.6) is 0 Å². The lowest BCUT2D eigenvalue weighted by molar-refractivity contribution is 0.112. The molecule has 0 heterocycles. The van der Waals surface area contributed by atoms with E-state index >= 15 is 0 Å². The molecule has 0 aliphatic carbocycles. The van der Waals surface area contributed by atoms with E-state index in [1.165, 1.54) is 11.1 Å². The van der Waals surface area contributed by atoms with Crippen LogP contribution < -0.4 is 11.0 Å². The van der Waals surface area contributed by atoms with E-state index in [9.17, 15) is 0 Å². The Hall–Kier alpha value is -0.783. The molecular weight excluding hydrogens is 232 g/mol. The minimum atomic E-state index is -1.70. The van der Waals surface area contributed by atoms with Gasteiger partial charge < -0.3 is 0 Å². The first-order valence-electron chi connectivity index (χ1n) is 6.00. The van der Waals surface area contributed by atoms with Crippen molar-refractivity contribution < 1.29 is 9.05 Å². The van der Waals surface area contributed by atoms with Crippen LogP contribution in [0, 0.1) is 0 Å². The summed E-state index contributed by atoms with van der Waals surface area (Å²) in [5, 5.41) is 0. The van der Waals surface area contributed by atoms with E-state index in [4.69, 9.17) is 9.05 Å². The highest BCUT2D eigenvalue weighted by Gasteiger charge is 2.12. The summed E-state index contributed by atoms with van der Waals surface area (Å²) >= 11 is 0. The van der Waals surface area contributed by atoms with E-state index in [0.29, 0.717) is 0 Å². The molecule has 0 aliphatic rings. The molecule has 0 fully saturated rings. The summed E-state index contributed by atoms with van der Waals surface area (Å²) in [6.45, 7) is 14.2. The van der Waals surface area contributed by atoms with E-state index in [1.807, 2.05) is 41.5 Å². The van der Waals surface area contributed by atoms with Gasteiger partial charge in [-0.1, -0.05) is 18.1 Å². The predicted molar refractivity (Wildman–Crippen MR) is 74.2 cm³/mol. The Morgan fingerprint density at radius 3 is 1.41 bits per heavy atom. The van der Waals surface area contributed by atoms with E-state index < -0.39 is 9.28 Å². The molecule has 0 saturated heterocycles. The van der Waals surface area contributed by atoms with Crippen LogP contribution in [0.4, 0.5) is 0 Å². The van der Waals surface area contributed by atoms with Crippen molar-refractivity contribution in [3.05, 3.63) is 22.5 Å². The van der Waals surface area contributed by atoms with Gasteiger partial charge in [0.1, 0.15) is 0 Å². The minimum absolute atomic E-state index is 0.895. The second-order valence-corrected chi connectivity index (χ2v) is 6.67. The van der Waals surface area contributed by atoms with Gasteiger partial charge in [0.25, 0.3) is 0 Å². The van der Waals surface area contributed by atoms with Crippen molar-refractivity contribution in [3.63, 3.8) is 0 Å². The summed E-state index contributed by atoms with van der Waals surface area (Å²) in [6.07, 6.45) is 0. The molecule has 4 nitrogen and oxygen atoms in total. The normalized spacial score (nSPS) is 10.1. The van der Waals surface area contributed by atoms with Crippen molar-refractivity contribution in [1.29, 1.82) is 0 Å². The van der Waals surface area contributed by atoms with Crippen LogP contribution in [-0.4, -0.2) is 9.28 Å². The van der Waals surface area contributed by atoms with Gasteiger partial charge in [-0.15, -0.1) is 0 Å². The van der Waals surface area contributed by atoms with Crippen molar-refractivity contribution in [3.8, 4) is 0 Å². The highest BCUT2D eigenvalue weighted by atomic mass is 28.3. The largest absolute Gasteiger partial charge is 0.376 e. The van der Waals surface area contributed by atoms with Gasteiger partial charge >= 0.3 is 9.28 Å². The number of rotatable bonds is 7. The fraction of sp³-hybridized carbons (Fsp3) is 0.667. The molecule has 0 radical (unpaired) electrons. The van der Waals surface area contributed by atoms with Gasteiger partial charge in [0.2, 0.25) is 0 Å². The van der Waals surface area contributed by atoms with E-state index in [-0.39, 0.29) is 0 Å². The van der Waals surface area contributed by atoms with Crippen LogP contribution in [0.3, 0.4) is 0 Å². The monoisotopic (exact) mass is 258 g/mol. The highest BCUT2D eigenvalue weighted by Crippen LogP contribution is 2.02. The van der Waals surface area contributed by atoms with Gasteiger partial charge in [0.05, 0.1) is 0 Å². The first-order valence-corrected chi connectivity index (χ1v) is 7.75. The number of hydrogen-bond donors (Lipinski definition) is 2. The van der Waals surface area contributed by atoms with Gasteiger partial charge in [0, 0.05) is 11.4 Å². The molecule has 100 valence electrons. The summed E-state index contributed by atoms with van der Waals surface area (Å²) in [4.78, 5) is 0. The predicted octanol–water partition coefficient (Wildman–Crippen LogP) is 2.90. The maximum atomic E-state index is 5.57. The van der Waals surface area contributed by atoms with Gasteiger partial charge in [-0.05, 0) is 47.6 Å². The van der Waals surface area contributed by atoms with Crippen LogP contribution in [0.25, 0.3) is 0 Å². The smallest absolute Gasteiger partial charge is 0.290 e. The lowest BCUT2D eigenvalue weighted by Gasteiger charge is -2.18. The van der Waals surface area contributed by atoms with Crippen LogP contribution >= 0.6 is 0 Å². The SMILES string of the molecule is CC[SiH](ONC(C)=C(C)C)ONC(C)=C(C)C. The fourth-order valence-electron chi connectivity index (χ4n) is 0.703. The van der Waals surface area contributed by atoms with Crippen molar-refractivity contribution in [2.24, 2.45) is 0 Å². The lowest BCUT2D eigenvalue weighted by atomic mass is 10.3. The molecule has 0 rings (SSSR count). The van der Waals surface area contributed by atoms with Gasteiger partial charge in [-0.25, -0.2) is 0 Å². The summed E-state index contributed by atoms with van der Waals surface area (Å²) in [7, 11) is -1.70. The molecule has 0 saturated carbocycles. The van der Waals surface area contributed by atoms with E-state index in [0.717, 1.165) is 17.4 Å². The molecule has 0 amide bonds. The molecule has 0 aromatic rings. The molecule has 5 heteroatoms. The highest BCUT2D eigenvalue weighted by molar-refractivity contribution is 6.43. The Morgan fingerprint density at radius 1 is 0.824 bits per heavy atom. The van der Waals surface area contributed by atoms with E-state index in [1.54, 1.807) is 0 Å². The molecule has 0 atom stereocenters. The fourth-order valence-corrected chi connectivity index (χ4v) is 1.70. The Morgan fingerprint density at radius 2 is 1.18 bits per heavy atom. The first kappa shape index (κ1) is 16.2. The zero-order valence-corrected chi connectivity index (χ0v) is 13.3. The Kier molecular flexibility index (Phi) is 7.94. The van der Waals surface area contributed by atoms with Gasteiger partial charge in [0.15, 0.2) is 0 Å². The quantitative estimate of drug-likeness (QED) is 0.544. The average molecular weight is 258 g/mol. The van der Waals surface area contributed by atoms with Gasteiger partial charge in [-0.2, -0.15) is 0 Å². The number of nitrogens with one attached hydrogen (secondary N) is 2. The van der Waals surface area contributed by atoms with Crippen LogP contribution in [0.15, 0.2) is 22.5 Å². The topological polar surface area (TPSA) is 42.5 Å². The molecule has 17 heavy (non-hydrogen) atoms. The Labute approximate surface area is 107 Å². The molecular formula is C12H26N2O2Si. The second-order valence-electron chi connectivity index (χ2n) is 4.53. The Bertz CT molecular complexity index is 265. The lowest BCUT2D eigenvalue weighted by Crippen LogP contribution is -2.34. The van der Waals surface area contributed by atoms with Crippen molar-refractivity contribution in [2.45, 2.75) is 54.5 Å². The summed E-state index contributed by atoms with van der Waals surface area (Å²) in [5.41, 5.74) is 10.4.